The van der Waals surface area contributed by atoms with Gasteiger partial charge in [-0.05, 0) is 38.8 Å². The highest BCUT2D eigenvalue weighted by Gasteiger charge is 2.33. The Labute approximate surface area is 141 Å². The van der Waals surface area contributed by atoms with Crippen LogP contribution in [0.3, 0.4) is 0 Å². The minimum Gasteiger partial charge on any atom is -0.465 e. The van der Waals surface area contributed by atoms with Crippen molar-refractivity contribution in [1.29, 1.82) is 0 Å². The fourth-order valence-electron chi connectivity index (χ4n) is 1.99. The van der Waals surface area contributed by atoms with Gasteiger partial charge in [-0.2, -0.15) is 0 Å². The van der Waals surface area contributed by atoms with E-state index < -0.39 is 27.7 Å². The molecule has 23 heavy (non-hydrogen) atoms. The number of hydrogen-bond acceptors (Lipinski definition) is 3. The Bertz CT molecular complexity index is 563. The van der Waals surface area contributed by atoms with E-state index in [0.29, 0.717) is 0 Å². The summed E-state index contributed by atoms with van der Waals surface area (Å²) in [6.07, 6.45) is 0. The van der Waals surface area contributed by atoms with Crippen molar-refractivity contribution in [2.45, 2.75) is 45.4 Å². The second-order valence-electron chi connectivity index (χ2n) is 6.41. The molecule has 0 spiro atoms. The molecule has 0 radical (unpaired) electrons. The van der Waals surface area contributed by atoms with E-state index in [0.717, 1.165) is 11.1 Å². The average Bonchev–Trinajstić information content (AvgIpc) is 2.51. The molecule has 0 bridgehead atoms. The van der Waals surface area contributed by atoms with Crippen LogP contribution in [0, 0.1) is 5.92 Å². The molecule has 5 heteroatoms. The summed E-state index contributed by atoms with van der Waals surface area (Å²) in [6.45, 7) is 13.6. The second-order valence-corrected chi connectivity index (χ2v) is 8.41. The standard InChI is InChI=1S/C18H27NO3S/c1-7-22-17(20)16(19-23(21)18(4,5)6)14(3)13(2)15-11-9-8-10-12-15/h8-12,14,16,19H,2,7H2,1,3-6H3/t14?,16-,23-/m1/s1. The maximum Gasteiger partial charge on any atom is 0.324 e. The first-order valence-electron chi connectivity index (χ1n) is 7.77. The van der Waals surface area contributed by atoms with Crippen LogP contribution in [0.25, 0.3) is 5.57 Å². The lowest BCUT2D eigenvalue weighted by molar-refractivity contribution is -0.145. The van der Waals surface area contributed by atoms with Gasteiger partial charge in [-0.1, -0.05) is 43.8 Å². The largest absolute Gasteiger partial charge is 0.465 e. The Morgan fingerprint density at radius 1 is 1.30 bits per heavy atom. The van der Waals surface area contributed by atoms with Crippen LogP contribution in [0.5, 0.6) is 0 Å². The molecule has 1 unspecified atom stereocenters. The molecule has 1 aromatic carbocycles. The zero-order chi connectivity index (χ0) is 17.6. The van der Waals surface area contributed by atoms with Gasteiger partial charge in [0, 0.05) is 5.92 Å². The molecule has 0 saturated carbocycles. The molecule has 0 heterocycles. The molecular formula is C18H27NO3S. The predicted molar refractivity (Wildman–Crippen MR) is 96.1 cm³/mol. The maximum absolute atomic E-state index is 12.4. The molecular weight excluding hydrogens is 310 g/mol. The summed E-state index contributed by atoms with van der Waals surface area (Å²) in [5.74, 6) is -0.655. The quantitative estimate of drug-likeness (QED) is 0.777. The van der Waals surface area contributed by atoms with Gasteiger partial charge in [0.25, 0.3) is 0 Å². The van der Waals surface area contributed by atoms with Crippen LogP contribution < -0.4 is 4.72 Å². The number of carbonyl (C=O) groups excluding carboxylic acids is 1. The summed E-state index contributed by atoms with van der Waals surface area (Å²) in [4.78, 5) is 12.3. The lowest BCUT2D eigenvalue weighted by Gasteiger charge is -2.28. The van der Waals surface area contributed by atoms with Crippen molar-refractivity contribution in [3.05, 3.63) is 42.5 Å². The molecule has 1 rings (SSSR count). The van der Waals surface area contributed by atoms with E-state index in [1.807, 2.05) is 58.0 Å². The Morgan fingerprint density at radius 3 is 2.35 bits per heavy atom. The Hall–Kier alpha value is -1.46. The molecule has 4 nitrogen and oxygen atoms in total. The first-order valence-corrected chi connectivity index (χ1v) is 8.92. The number of ether oxygens (including phenoxy) is 1. The summed E-state index contributed by atoms with van der Waals surface area (Å²) >= 11 is 0. The number of esters is 1. The van der Waals surface area contributed by atoms with E-state index >= 15 is 0 Å². The maximum atomic E-state index is 12.4. The molecule has 0 aromatic heterocycles. The number of benzene rings is 1. The van der Waals surface area contributed by atoms with Crippen LogP contribution in [0.4, 0.5) is 0 Å². The van der Waals surface area contributed by atoms with E-state index in [9.17, 15) is 9.00 Å². The summed E-state index contributed by atoms with van der Waals surface area (Å²) < 4.78 is 20.0. The van der Waals surface area contributed by atoms with Crippen molar-refractivity contribution in [1.82, 2.24) is 4.72 Å². The van der Waals surface area contributed by atoms with Gasteiger partial charge in [0.05, 0.1) is 22.3 Å². The van der Waals surface area contributed by atoms with Crippen LogP contribution in [-0.2, 0) is 20.5 Å². The molecule has 0 amide bonds. The predicted octanol–water partition coefficient (Wildman–Crippen LogP) is 3.32. The van der Waals surface area contributed by atoms with Gasteiger partial charge in [0.15, 0.2) is 0 Å². The normalized spacial score (nSPS) is 15.5. The van der Waals surface area contributed by atoms with Crippen molar-refractivity contribution in [3.8, 4) is 0 Å². The van der Waals surface area contributed by atoms with Gasteiger partial charge in [0.2, 0.25) is 0 Å². The summed E-state index contributed by atoms with van der Waals surface area (Å²) in [5.41, 5.74) is 1.76. The zero-order valence-corrected chi connectivity index (χ0v) is 15.4. The van der Waals surface area contributed by atoms with E-state index in [4.69, 9.17) is 4.74 Å². The molecule has 1 aromatic rings. The first kappa shape index (κ1) is 19.6. The van der Waals surface area contributed by atoms with Crippen LogP contribution in [-0.4, -0.2) is 27.6 Å². The minimum absolute atomic E-state index is 0.247. The smallest absolute Gasteiger partial charge is 0.324 e. The molecule has 128 valence electrons. The molecule has 0 aliphatic heterocycles. The topological polar surface area (TPSA) is 55.4 Å². The highest BCUT2D eigenvalue weighted by Crippen LogP contribution is 2.25. The third-order valence-electron chi connectivity index (χ3n) is 3.52. The van der Waals surface area contributed by atoms with Gasteiger partial charge in [0.1, 0.15) is 6.04 Å². The highest BCUT2D eigenvalue weighted by atomic mass is 32.2. The molecule has 0 aliphatic carbocycles. The van der Waals surface area contributed by atoms with Gasteiger partial charge in [-0.15, -0.1) is 0 Å². The van der Waals surface area contributed by atoms with Crippen molar-refractivity contribution in [2.75, 3.05) is 6.61 Å². The van der Waals surface area contributed by atoms with E-state index in [2.05, 4.69) is 11.3 Å². The first-order chi connectivity index (χ1) is 10.7. The van der Waals surface area contributed by atoms with Crippen molar-refractivity contribution >= 4 is 22.5 Å². The lowest BCUT2D eigenvalue weighted by Crippen LogP contribution is -2.48. The Morgan fingerprint density at radius 2 is 1.87 bits per heavy atom. The van der Waals surface area contributed by atoms with Crippen LogP contribution in [0.15, 0.2) is 36.9 Å². The van der Waals surface area contributed by atoms with Gasteiger partial charge in [-0.25, -0.2) is 8.93 Å². The fraction of sp³-hybridized carbons (Fsp3) is 0.500. The summed E-state index contributed by atoms with van der Waals surface area (Å²) in [6, 6.07) is 8.96. The van der Waals surface area contributed by atoms with Crippen molar-refractivity contribution in [2.24, 2.45) is 5.92 Å². The van der Waals surface area contributed by atoms with Crippen molar-refractivity contribution < 1.29 is 13.7 Å². The third kappa shape index (κ3) is 5.59. The fourth-order valence-corrected chi connectivity index (χ4v) is 2.88. The molecule has 3 atom stereocenters. The Balaban J connectivity index is 3.01. The average molecular weight is 337 g/mol. The second kappa shape index (κ2) is 8.41. The number of hydrogen-bond donors (Lipinski definition) is 1. The molecule has 1 N–H and O–H groups in total. The summed E-state index contributed by atoms with van der Waals surface area (Å²) in [7, 11) is -1.38. The van der Waals surface area contributed by atoms with Crippen LogP contribution in [0.1, 0.15) is 40.2 Å². The third-order valence-corrected chi connectivity index (χ3v) is 5.11. The monoisotopic (exact) mass is 337 g/mol. The number of nitrogens with one attached hydrogen (secondary N) is 1. The van der Waals surface area contributed by atoms with Crippen LogP contribution >= 0.6 is 0 Å². The lowest BCUT2D eigenvalue weighted by atomic mass is 9.90. The summed E-state index contributed by atoms with van der Waals surface area (Å²) in [5, 5.41) is 0. The van der Waals surface area contributed by atoms with Gasteiger partial charge >= 0.3 is 5.97 Å². The Kier molecular flexibility index (Phi) is 7.16. The molecule has 0 saturated heterocycles. The van der Waals surface area contributed by atoms with Crippen molar-refractivity contribution in [3.63, 3.8) is 0 Å². The number of carbonyl (C=O) groups is 1. The highest BCUT2D eigenvalue weighted by molar-refractivity contribution is 7.84. The zero-order valence-electron chi connectivity index (χ0n) is 14.6. The van der Waals surface area contributed by atoms with E-state index in [-0.39, 0.29) is 12.5 Å². The SMILES string of the molecule is C=C(c1ccccc1)C(C)[C@@H](N[S@](=O)C(C)(C)C)C(=O)OCC. The molecule has 0 aliphatic rings. The van der Waals surface area contributed by atoms with Gasteiger partial charge in [-0.3, -0.25) is 4.79 Å². The van der Waals surface area contributed by atoms with E-state index in [1.54, 1.807) is 6.92 Å². The van der Waals surface area contributed by atoms with Crippen LogP contribution in [0.2, 0.25) is 0 Å². The molecule has 0 fully saturated rings. The van der Waals surface area contributed by atoms with Gasteiger partial charge < -0.3 is 4.74 Å². The van der Waals surface area contributed by atoms with E-state index in [1.165, 1.54) is 0 Å². The minimum atomic E-state index is -1.38. The number of rotatable bonds is 7.